The molecule has 0 aromatic carbocycles. The second-order valence-corrected chi connectivity index (χ2v) is 4.97. The average Bonchev–Trinajstić information content (AvgIpc) is 2.65. The highest BCUT2D eigenvalue weighted by molar-refractivity contribution is 6.29. The predicted molar refractivity (Wildman–Crippen MR) is 86.3 cm³/mol. The lowest BCUT2D eigenvalue weighted by Crippen LogP contribution is -2.35. The molecule has 148 valence electrons. The van der Waals surface area contributed by atoms with E-state index in [1.165, 1.54) is 10.6 Å². The first-order valence-electron chi connectivity index (χ1n) is 11.1. The first kappa shape index (κ1) is 11.5. The number of nitrogens with zero attached hydrogens (tertiary/aromatic N) is 4. The van der Waals surface area contributed by atoms with Gasteiger partial charge in [-0.25, -0.2) is 4.98 Å². The Balaban J connectivity index is 2.78. The third kappa shape index (κ3) is 5.81. The maximum Gasteiger partial charge on any atom is 0.408 e. The van der Waals surface area contributed by atoms with E-state index in [2.05, 4.69) is 19.9 Å². The Bertz CT molecular complexity index is 1100. The molecule has 0 amide bonds. The van der Waals surface area contributed by atoms with Gasteiger partial charge >= 0.3 is 12.4 Å². The molecule has 2 N–H and O–H groups in total. The Kier molecular flexibility index (Phi) is 3.27. The molecule has 0 unspecified atom stereocenters. The van der Waals surface area contributed by atoms with Crippen LogP contribution in [0, 0.1) is 0 Å². The van der Waals surface area contributed by atoms with Crippen molar-refractivity contribution in [1.82, 2.24) is 19.9 Å². The predicted octanol–water partition coefficient (Wildman–Crippen LogP) is 4.31. The molecule has 0 saturated heterocycles. The van der Waals surface area contributed by atoms with E-state index in [-0.39, 0.29) is 0 Å². The third-order valence-corrected chi connectivity index (χ3v) is 2.77. The number of anilines is 2. The lowest BCUT2D eigenvalue weighted by Gasteiger charge is -2.20. The number of pyridine rings is 1. The number of nitrogens with one attached hydrogen (secondary N) is 2. The fourth-order valence-electron chi connectivity index (χ4n) is 1.44. The summed E-state index contributed by atoms with van der Waals surface area (Å²) in [6, 6.07) is -8.22. The van der Waals surface area contributed by atoms with E-state index < -0.39 is 78.8 Å². The van der Waals surface area contributed by atoms with Crippen molar-refractivity contribution in [1.29, 1.82) is 0 Å². The molecule has 0 saturated carbocycles. The van der Waals surface area contributed by atoms with Crippen LogP contribution in [0.2, 0.25) is 5.15 Å². The van der Waals surface area contributed by atoms with Crippen LogP contribution in [0.5, 0.6) is 0 Å². The van der Waals surface area contributed by atoms with Gasteiger partial charge in [0.25, 0.3) is 0 Å². The minimum absolute atomic E-state index is 0.486. The molecule has 0 radical (unpaired) electrons. The van der Waals surface area contributed by atoms with Crippen LogP contribution in [-0.4, -0.2) is 44.3 Å². The van der Waals surface area contributed by atoms with Gasteiger partial charge in [-0.05, 0) is 25.8 Å². The first-order valence-corrected chi connectivity index (χ1v) is 6.93. The van der Waals surface area contributed by atoms with Crippen LogP contribution in [0.3, 0.4) is 0 Å². The lowest BCUT2D eigenvalue weighted by atomic mass is 10.3. The summed E-state index contributed by atoms with van der Waals surface area (Å²) in [6.07, 6.45) is -11.3. The van der Waals surface area contributed by atoms with Crippen LogP contribution >= 0.6 is 11.6 Å². The molecule has 2 aromatic rings. The summed E-state index contributed by atoms with van der Waals surface area (Å²) in [4.78, 5) is 13.6. The Labute approximate surface area is 167 Å². The van der Waals surface area contributed by atoms with Crippen LogP contribution in [0.1, 0.15) is 26.0 Å². The number of aromatic nitrogens is 4. The monoisotopic (exact) mass is 423 g/mol. The van der Waals surface area contributed by atoms with E-state index in [0.717, 1.165) is 6.07 Å². The number of rotatable bonds is 5. The van der Waals surface area contributed by atoms with Gasteiger partial charge in [0.2, 0.25) is 11.9 Å². The van der Waals surface area contributed by atoms with E-state index in [9.17, 15) is 26.3 Å². The summed E-state index contributed by atoms with van der Waals surface area (Å²) in [7, 11) is 0. The zero-order valence-corrected chi connectivity index (χ0v) is 13.3. The van der Waals surface area contributed by atoms with Gasteiger partial charge in [0.15, 0.2) is 5.82 Å². The van der Waals surface area contributed by atoms with Crippen LogP contribution in [0.25, 0.3) is 11.5 Å². The normalized spacial score (nSPS) is 21.5. The van der Waals surface area contributed by atoms with Crippen molar-refractivity contribution in [3.63, 3.8) is 0 Å². The molecule has 0 aliphatic carbocycles. The lowest BCUT2D eigenvalue weighted by molar-refractivity contribution is -0.139. The van der Waals surface area contributed by atoms with Crippen LogP contribution in [-0.2, 0) is 0 Å². The topological polar surface area (TPSA) is 75.6 Å². The maximum absolute atomic E-state index is 13.5. The van der Waals surface area contributed by atoms with Crippen molar-refractivity contribution in [2.24, 2.45) is 0 Å². The van der Waals surface area contributed by atoms with Crippen LogP contribution in [0.15, 0.2) is 18.2 Å². The number of hydrogen-bond acceptors (Lipinski definition) is 6. The molecule has 0 spiro atoms. The Morgan fingerprint density at radius 3 is 2.22 bits per heavy atom. The van der Waals surface area contributed by atoms with E-state index in [4.69, 9.17) is 23.9 Å². The number of alkyl halides is 6. The van der Waals surface area contributed by atoms with Gasteiger partial charge in [0, 0.05) is 8.22 Å². The fourth-order valence-corrected chi connectivity index (χ4v) is 1.58. The van der Waals surface area contributed by atoms with E-state index >= 15 is 0 Å². The van der Waals surface area contributed by atoms with E-state index in [1.54, 1.807) is 0 Å². The zero-order valence-electron chi connectivity index (χ0n) is 21.6. The Morgan fingerprint density at radius 2 is 1.67 bits per heavy atom. The third-order valence-electron chi connectivity index (χ3n) is 2.58. The van der Waals surface area contributed by atoms with Crippen molar-refractivity contribution in [3.05, 3.63) is 23.3 Å². The summed E-state index contributed by atoms with van der Waals surface area (Å²) in [5, 5.41) is 1.99. The summed E-state index contributed by atoms with van der Waals surface area (Å²) < 4.78 is 146. The molecule has 0 fully saturated rings. The van der Waals surface area contributed by atoms with Crippen LogP contribution < -0.4 is 10.6 Å². The quantitative estimate of drug-likeness (QED) is 0.551. The molecule has 2 heterocycles. The van der Waals surface area contributed by atoms with E-state index in [0.29, 0.717) is 0 Å². The average molecular weight is 424 g/mol. The van der Waals surface area contributed by atoms with Crippen molar-refractivity contribution >= 4 is 23.5 Å². The highest BCUT2D eigenvalue weighted by Crippen LogP contribution is 2.26. The van der Waals surface area contributed by atoms with Crippen LogP contribution in [0.4, 0.5) is 38.2 Å². The first-order chi connectivity index (χ1) is 16.0. The maximum atomic E-state index is 13.5. The highest BCUT2D eigenvalue weighted by atomic mass is 35.5. The molecular weight excluding hydrogens is 402 g/mol. The second kappa shape index (κ2) is 7.71. The Hall–Kier alpha value is -2.37. The van der Waals surface area contributed by atoms with Gasteiger partial charge < -0.3 is 10.6 Å². The highest BCUT2D eigenvalue weighted by Gasteiger charge is 2.38. The van der Waals surface area contributed by atoms with Gasteiger partial charge in [-0.2, -0.15) is 41.3 Å². The molecule has 2 atom stereocenters. The van der Waals surface area contributed by atoms with Crippen molar-refractivity contribution in [2.45, 2.75) is 38.1 Å². The smallest absolute Gasteiger partial charge is 0.343 e. The van der Waals surface area contributed by atoms with E-state index in [1.807, 2.05) is 0 Å². The SMILES string of the molecule is [2H]c1cc([2H])c(-c2nc(N[C@H](C([2H])([2H])[2H])C(F)(F)F)nc(N[C@]([2H])(C([2H])([2H])[2H])C(F)(F)F)n2)nc1Cl. The molecule has 2 rings (SSSR count). The summed E-state index contributed by atoms with van der Waals surface area (Å²) in [6.45, 7) is -7.88. The van der Waals surface area contributed by atoms with Gasteiger partial charge in [0.05, 0.1) is 4.11 Å². The van der Waals surface area contributed by atoms with Gasteiger partial charge in [-0.15, -0.1) is 0 Å². The van der Waals surface area contributed by atoms with Gasteiger partial charge in [0.1, 0.15) is 22.9 Å². The fraction of sp³-hybridized carbons (Fsp3) is 0.429. The van der Waals surface area contributed by atoms with Crippen molar-refractivity contribution < 1.29 is 38.7 Å². The summed E-state index contributed by atoms with van der Waals surface area (Å²) >= 11 is 5.68. The molecule has 2 aromatic heterocycles. The van der Waals surface area contributed by atoms with Gasteiger partial charge in [-0.1, -0.05) is 17.7 Å². The van der Waals surface area contributed by atoms with Crippen molar-refractivity contribution in [2.75, 3.05) is 10.6 Å². The zero-order chi connectivity index (χ0) is 28.1. The summed E-state index contributed by atoms with van der Waals surface area (Å²) in [5.41, 5.74) is -0.696. The Morgan fingerprint density at radius 1 is 1.00 bits per heavy atom. The summed E-state index contributed by atoms with van der Waals surface area (Å²) in [5.74, 6) is -3.70. The molecule has 13 heteroatoms. The molecule has 0 bridgehead atoms. The number of halogens is 7. The van der Waals surface area contributed by atoms with Crippen molar-refractivity contribution in [3.8, 4) is 11.5 Å². The number of hydrogen-bond donors (Lipinski definition) is 2. The minimum Gasteiger partial charge on any atom is -0.343 e. The molecule has 0 aliphatic rings. The largest absolute Gasteiger partial charge is 0.408 e. The molecular formula is C14H13ClF6N6. The minimum atomic E-state index is -5.80. The second-order valence-electron chi connectivity index (χ2n) is 4.61. The standard InChI is InChI=1S/C14H13ClF6N6/c1-6(13(16,17)18)22-11-25-10(8-4-3-5-9(15)24-8)26-12(27-11)23-7(2)14(19,20)21/h3-7H,1-2H3,(H2,22,23,25,26,27)/t6-,7-/m1/s1/i1D3,2D3,4D,5D,6D. The molecule has 6 nitrogen and oxygen atoms in total. The molecule has 0 aliphatic heterocycles. The van der Waals surface area contributed by atoms with Gasteiger partial charge in [-0.3, -0.25) is 0 Å². The molecule has 27 heavy (non-hydrogen) atoms.